The summed E-state index contributed by atoms with van der Waals surface area (Å²) in [6.45, 7) is 2.52. The lowest BCUT2D eigenvalue weighted by Crippen LogP contribution is -2.31. The minimum absolute atomic E-state index is 0.379. The average Bonchev–Trinajstić information content (AvgIpc) is 3.93. The number of hydrogen-bond acceptors (Lipinski definition) is 2. The number of rotatable bonds is 7. The second-order valence-corrected chi connectivity index (χ2v) is 19.2. The van der Waals surface area contributed by atoms with Crippen LogP contribution in [0.3, 0.4) is 0 Å². The van der Waals surface area contributed by atoms with E-state index in [0.717, 1.165) is 68.4 Å². The number of hydrogen-bond donors (Lipinski definition) is 0. The van der Waals surface area contributed by atoms with Gasteiger partial charge >= 0.3 is 0 Å². The highest BCUT2D eigenvalue weighted by molar-refractivity contribution is 6.09. The van der Waals surface area contributed by atoms with Crippen molar-refractivity contribution in [3.63, 3.8) is 0 Å². The molecule has 0 saturated heterocycles. The van der Waals surface area contributed by atoms with E-state index < -0.39 is 0 Å². The Kier molecular flexibility index (Phi) is 8.38. The summed E-state index contributed by atoms with van der Waals surface area (Å²) < 4.78 is 8.67. The molecule has 63 heavy (non-hydrogen) atoms. The third-order valence-corrected chi connectivity index (χ3v) is 15.5. The fraction of sp³-hybridized carbons (Fsp3) is 0.200. The van der Waals surface area contributed by atoms with Crippen molar-refractivity contribution in [1.29, 1.82) is 0 Å². The Balaban J connectivity index is 0.854. The Morgan fingerprint density at radius 1 is 0.460 bits per heavy atom. The molecule has 3 nitrogen and oxygen atoms in total. The Hall–Kier alpha value is -6.84. The lowest BCUT2D eigenvalue weighted by molar-refractivity contribution is 0.241. The minimum atomic E-state index is 0.379. The van der Waals surface area contributed by atoms with Gasteiger partial charge in [0.25, 0.3) is 0 Å². The maximum Gasteiger partial charge on any atom is 0.135 e. The molecule has 3 bridgehead atoms. The van der Waals surface area contributed by atoms with Crippen molar-refractivity contribution in [2.24, 2.45) is 23.7 Å². The summed E-state index contributed by atoms with van der Waals surface area (Å²) in [5, 5.41) is 4.79. The van der Waals surface area contributed by atoms with Crippen molar-refractivity contribution in [3.05, 3.63) is 194 Å². The highest BCUT2D eigenvalue weighted by atomic mass is 16.3. The molecule has 2 heterocycles. The van der Waals surface area contributed by atoms with E-state index in [0.29, 0.717) is 5.41 Å². The molecule has 13 rings (SSSR count). The second kappa shape index (κ2) is 14.4. The molecule has 0 N–H and O–H groups in total. The first kappa shape index (κ1) is 36.8. The average molecular weight is 815 g/mol. The van der Waals surface area contributed by atoms with Crippen LogP contribution in [0.15, 0.2) is 192 Å². The van der Waals surface area contributed by atoms with E-state index in [2.05, 4.69) is 198 Å². The van der Waals surface area contributed by atoms with Gasteiger partial charge in [-0.15, -0.1) is 0 Å². The van der Waals surface area contributed by atoms with E-state index in [1.54, 1.807) is 5.56 Å². The second-order valence-electron chi connectivity index (χ2n) is 19.2. The molecule has 0 spiro atoms. The van der Waals surface area contributed by atoms with Gasteiger partial charge in [0, 0.05) is 44.3 Å². The monoisotopic (exact) mass is 814 g/mol. The fourth-order valence-corrected chi connectivity index (χ4v) is 13.0. The maximum atomic E-state index is 6.28. The molecular weight excluding hydrogens is 765 g/mol. The van der Waals surface area contributed by atoms with Crippen molar-refractivity contribution in [1.82, 2.24) is 4.57 Å². The Morgan fingerprint density at radius 3 is 1.76 bits per heavy atom. The normalized spacial score (nSPS) is 21.7. The largest absolute Gasteiger partial charge is 0.456 e. The van der Waals surface area contributed by atoms with Gasteiger partial charge in [0.05, 0.1) is 11.0 Å². The molecule has 2 unspecified atom stereocenters. The van der Waals surface area contributed by atoms with E-state index in [-0.39, 0.29) is 0 Å². The van der Waals surface area contributed by atoms with Crippen molar-refractivity contribution < 1.29 is 4.42 Å². The van der Waals surface area contributed by atoms with E-state index in [1.807, 2.05) is 6.07 Å². The predicted molar refractivity (Wildman–Crippen MR) is 263 cm³/mol. The zero-order chi connectivity index (χ0) is 41.6. The van der Waals surface area contributed by atoms with Crippen molar-refractivity contribution in [3.8, 4) is 27.9 Å². The van der Waals surface area contributed by atoms with Crippen LogP contribution in [0.25, 0.3) is 71.7 Å². The first-order chi connectivity index (χ1) is 31.0. The van der Waals surface area contributed by atoms with E-state index in [4.69, 9.17) is 4.42 Å². The first-order valence-corrected chi connectivity index (χ1v) is 23.2. The zero-order valence-electron chi connectivity index (χ0n) is 35.8. The van der Waals surface area contributed by atoms with Gasteiger partial charge in [0.2, 0.25) is 0 Å². The summed E-state index contributed by atoms with van der Waals surface area (Å²) in [7, 11) is 0. The number of benzene rings is 8. The molecule has 3 aliphatic carbocycles. The predicted octanol–water partition coefficient (Wildman–Crippen LogP) is 16.6. The highest BCUT2D eigenvalue weighted by Crippen LogP contribution is 2.62. The van der Waals surface area contributed by atoms with Crippen LogP contribution in [0.4, 0.5) is 17.1 Å². The number of aromatic nitrogens is 1. The Labute approximate surface area is 369 Å². The first-order valence-electron chi connectivity index (χ1n) is 23.2. The summed E-state index contributed by atoms with van der Waals surface area (Å²) in [6.07, 6.45) is 8.57. The molecule has 3 aliphatic rings. The lowest BCUT2D eigenvalue weighted by atomic mass is 9.68. The number of anilines is 3. The van der Waals surface area contributed by atoms with Crippen LogP contribution >= 0.6 is 0 Å². The number of furan rings is 1. The van der Waals surface area contributed by atoms with Crippen LogP contribution in [-0.4, -0.2) is 4.57 Å². The van der Waals surface area contributed by atoms with Gasteiger partial charge in [0.1, 0.15) is 11.2 Å². The van der Waals surface area contributed by atoms with Crippen LogP contribution in [0.5, 0.6) is 0 Å². The Morgan fingerprint density at radius 2 is 1.05 bits per heavy atom. The van der Waals surface area contributed by atoms with E-state index in [1.165, 1.54) is 82.6 Å². The quantitative estimate of drug-likeness (QED) is 0.160. The van der Waals surface area contributed by atoms with Gasteiger partial charge in [-0.1, -0.05) is 122 Å². The van der Waals surface area contributed by atoms with Gasteiger partial charge in [-0.2, -0.15) is 0 Å². The van der Waals surface area contributed by atoms with Crippen LogP contribution < -0.4 is 4.90 Å². The molecule has 0 amide bonds. The van der Waals surface area contributed by atoms with Crippen LogP contribution in [0, 0.1) is 23.7 Å². The molecular formula is C60H50N2O. The zero-order valence-corrected chi connectivity index (χ0v) is 35.8. The molecule has 10 aromatic rings. The smallest absolute Gasteiger partial charge is 0.135 e. The lowest BCUT2D eigenvalue weighted by Gasteiger charge is -2.36. The number of fused-ring (bicyclic) bond motifs is 8. The molecule has 5 atom stereocenters. The van der Waals surface area contributed by atoms with Crippen molar-refractivity contribution in [2.75, 3.05) is 4.90 Å². The fourth-order valence-electron chi connectivity index (χ4n) is 13.0. The molecule has 306 valence electrons. The molecule has 0 radical (unpaired) electrons. The van der Waals surface area contributed by atoms with Gasteiger partial charge in [0.15, 0.2) is 0 Å². The molecule has 8 aromatic carbocycles. The highest BCUT2D eigenvalue weighted by Gasteiger charge is 2.54. The summed E-state index contributed by atoms with van der Waals surface area (Å²) in [5.74, 6) is 3.58. The molecule has 2 aromatic heterocycles. The Bertz CT molecular complexity index is 3280. The summed E-state index contributed by atoms with van der Waals surface area (Å²) in [5.41, 5.74) is 15.6. The van der Waals surface area contributed by atoms with Crippen LogP contribution in [0.2, 0.25) is 0 Å². The van der Waals surface area contributed by atoms with Crippen LogP contribution in [0.1, 0.15) is 51.0 Å². The van der Waals surface area contributed by atoms with Crippen LogP contribution in [-0.2, 0) is 5.41 Å². The molecule has 3 fully saturated rings. The molecule has 3 saturated carbocycles. The van der Waals surface area contributed by atoms with Crippen molar-refractivity contribution >= 4 is 60.8 Å². The van der Waals surface area contributed by atoms with Gasteiger partial charge in [-0.3, -0.25) is 0 Å². The van der Waals surface area contributed by atoms with Gasteiger partial charge < -0.3 is 13.9 Å². The third-order valence-electron chi connectivity index (χ3n) is 15.5. The van der Waals surface area contributed by atoms with Gasteiger partial charge in [-0.25, -0.2) is 0 Å². The maximum absolute atomic E-state index is 6.28. The minimum Gasteiger partial charge on any atom is -0.456 e. The van der Waals surface area contributed by atoms with E-state index in [9.17, 15) is 0 Å². The number of nitrogens with zero attached hydrogens (tertiary/aromatic N) is 2. The third kappa shape index (κ3) is 6.00. The topological polar surface area (TPSA) is 21.3 Å². The SMILES string of the molecule is C[C@H]1CC2C[C@@H]3C[C@@H](C2)C(c2ccc(-c4ccc(N(c5ccc(-c6cccc(-n7c8ccccc8c8ccccc87)c6)cc5)c5ccc6oc7ccccc7c6c5)cc4)cc2)(C1)C3. The standard InChI is InChI=1S/C60H50N2O/c1-39-31-40-32-41-34-47(33-40)60(37-39,38-41)46-23-17-42(18-24-46)43-19-25-48(26-20-43)61(51-29-30-59-55(36-51)54-13-4-7-16-58(54)63-59)49-27-21-44(22-28-49)45-9-8-10-50(35-45)62-56-14-5-2-11-52(56)53-12-3-6-15-57(53)62/h2-30,35-36,39-41,47H,31-34,37-38H2,1H3/t39-,40?,41+,47+,60?/m0/s1. The number of para-hydroxylation sites is 3. The molecule has 0 aliphatic heterocycles. The summed E-state index contributed by atoms with van der Waals surface area (Å²) in [4.78, 5) is 2.38. The molecule has 3 heteroatoms. The van der Waals surface area contributed by atoms with E-state index >= 15 is 0 Å². The van der Waals surface area contributed by atoms with Gasteiger partial charge in [-0.05, 0) is 168 Å². The summed E-state index contributed by atoms with van der Waals surface area (Å²) in [6, 6.07) is 69.3. The summed E-state index contributed by atoms with van der Waals surface area (Å²) >= 11 is 0. The van der Waals surface area contributed by atoms with Crippen molar-refractivity contribution in [2.45, 2.75) is 50.9 Å².